The summed E-state index contributed by atoms with van der Waals surface area (Å²) >= 11 is 0. The maximum Gasteiger partial charge on any atom is 0.0546 e. The molecular formula is C53H49N. The molecule has 1 unspecified atom stereocenters. The highest BCUT2D eigenvalue weighted by Crippen LogP contribution is 2.58. The van der Waals surface area contributed by atoms with Crippen molar-refractivity contribution in [3.8, 4) is 0 Å². The summed E-state index contributed by atoms with van der Waals surface area (Å²) in [7, 11) is 0. The van der Waals surface area contributed by atoms with Crippen molar-refractivity contribution < 1.29 is 0 Å². The zero-order chi connectivity index (χ0) is 36.6. The molecule has 0 spiro atoms. The lowest BCUT2D eigenvalue weighted by molar-refractivity contribution is 0.485. The number of para-hydroxylation sites is 2. The van der Waals surface area contributed by atoms with E-state index in [-0.39, 0.29) is 10.8 Å². The zero-order valence-electron chi connectivity index (χ0n) is 32.1. The zero-order valence-corrected chi connectivity index (χ0v) is 32.1. The van der Waals surface area contributed by atoms with Gasteiger partial charge in [0.1, 0.15) is 0 Å². The first-order chi connectivity index (χ1) is 26.3. The summed E-state index contributed by atoms with van der Waals surface area (Å²) in [6.07, 6.45) is 19.4. The van der Waals surface area contributed by atoms with Crippen LogP contribution in [0.4, 0.5) is 17.1 Å². The smallest absolute Gasteiger partial charge is 0.0546 e. The van der Waals surface area contributed by atoms with Crippen LogP contribution in [0.15, 0.2) is 168 Å². The van der Waals surface area contributed by atoms with Crippen LogP contribution < -0.4 is 4.90 Å². The minimum atomic E-state index is -0.140. The van der Waals surface area contributed by atoms with Crippen LogP contribution >= 0.6 is 0 Å². The van der Waals surface area contributed by atoms with Crippen molar-refractivity contribution in [1.29, 1.82) is 0 Å². The molecule has 54 heavy (non-hydrogen) atoms. The number of fused-ring (bicyclic) bond motifs is 5. The van der Waals surface area contributed by atoms with Gasteiger partial charge >= 0.3 is 0 Å². The number of nitrogens with zero attached hydrogens (tertiary/aromatic N) is 1. The van der Waals surface area contributed by atoms with Crippen LogP contribution in [-0.4, -0.2) is 0 Å². The monoisotopic (exact) mass is 699 g/mol. The van der Waals surface area contributed by atoms with E-state index in [4.69, 9.17) is 0 Å². The number of hydrogen-bond donors (Lipinski definition) is 0. The van der Waals surface area contributed by atoms with Gasteiger partial charge in [0.25, 0.3) is 0 Å². The van der Waals surface area contributed by atoms with Crippen LogP contribution in [0.1, 0.15) is 88.5 Å². The molecular weight excluding hydrogens is 651 g/mol. The molecule has 0 heterocycles. The molecule has 0 amide bonds. The standard InChI is InChI=1S/C53H49N/c1-52(2)40-32-35(30-38-17-12-14-25-47(38)52)31-39(33-40)37-26-28-48-46(34-37)44-23-15-24-45(51(44)53(48,3)4)50-43-22-13-11-16-36(43)27-29-49(50)54(41-18-7-5-8-19-41)42-20-9-6-10-21-42/h5-13,16-22,24,26-29,31,33-35H,14-15,23,25,30,32H2,1-4H3. The minimum Gasteiger partial charge on any atom is -0.310 e. The maximum atomic E-state index is 2.60. The summed E-state index contributed by atoms with van der Waals surface area (Å²) < 4.78 is 0. The second kappa shape index (κ2) is 12.6. The molecule has 0 aliphatic heterocycles. The Labute approximate surface area is 321 Å². The van der Waals surface area contributed by atoms with E-state index >= 15 is 0 Å². The molecule has 0 saturated heterocycles. The fourth-order valence-electron chi connectivity index (χ4n) is 10.7. The van der Waals surface area contributed by atoms with Crippen LogP contribution in [-0.2, 0) is 5.41 Å². The van der Waals surface area contributed by atoms with Gasteiger partial charge in [-0.1, -0.05) is 148 Å². The molecule has 5 aromatic carbocycles. The van der Waals surface area contributed by atoms with Crippen molar-refractivity contribution >= 4 is 44.6 Å². The molecule has 1 heteroatoms. The predicted molar refractivity (Wildman–Crippen MR) is 230 cm³/mol. The molecule has 0 saturated carbocycles. The van der Waals surface area contributed by atoms with Gasteiger partial charge < -0.3 is 4.90 Å². The summed E-state index contributed by atoms with van der Waals surface area (Å²) in [6.45, 7) is 9.89. The minimum absolute atomic E-state index is 0.107. The van der Waals surface area contributed by atoms with E-state index in [1.165, 1.54) is 80.3 Å². The summed E-state index contributed by atoms with van der Waals surface area (Å²) in [6, 6.07) is 42.8. The van der Waals surface area contributed by atoms with Crippen molar-refractivity contribution in [1.82, 2.24) is 0 Å². The van der Waals surface area contributed by atoms with Crippen molar-refractivity contribution in [2.45, 2.75) is 71.6 Å². The van der Waals surface area contributed by atoms with Gasteiger partial charge in [-0.05, 0) is 136 Å². The molecule has 5 aliphatic rings. The number of hydrogen-bond acceptors (Lipinski definition) is 1. The molecule has 266 valence electrons. The molecule has 1 atom stereocenters. The molecule has 0 radical (unpaired) electrons. The Balaban J connectivity index is 1.13. The number of anilines is 3. The van der Waals surface area contributed by atoms with E-state index in [1.54, 1.807) is 16.7 Å². The highest BCUT2D eigenvalue weighted by Gasteiger charge is 2.42. The Morgan fingerprint density at radius 1 is 0.685 bits per heavy atom. The summed E-state index contributed by atoms with van der Waals surface area (Å²) in [5.74, 6) is 0.556. The first-order valence-electron chi connectivity index (χ1n) is 20.1. The van der Waals surface area contributed by atoms with Crippen LogP contribution in [0.5, 0.6) is 0 Å². The SMILES string of the molecule is CC1(C)C2=CC(c3ccc4c(c3)C3=C(C(c5c(N(c6ccccc6)c6ccccc6)ccc6ccccc56)=CCC3)C4(C)C)=CC(C2)CC2=C1CCC=C2. The first-order valence-corrected chi connectivity index (χ1v) is 20.1. The van der Waals surface area contributed by atoms with E-state index in [0.717, 1.165) is 30.6 Å². The van der Waals surface area contributed by atoms with Crippen molar-refractivity contribution in [2.75, 3.05) is 4.90 Å². The van der Waals surface area contributed by atoms with Crippen molar-refractivity contribution in [3.05, 3.63) is 190 Å². The summed E-state index contributed by atoms with van der Waals surface area (Å²) in [4.78, 5) is 2.46. The molecule has 0 N–H and O–H groups in total. The average Bonchev–Trinajstić information content (AvgIpc) is 3.40. The number of benzene rings is 5. The summed E-state index contributed by atoms with van der Waals surface area (Å²) in [5.41, 5.74) is 19.8. The lowest BCUT2D eigenvalue weighted by Crippen LogP contribution is -2.21. The molecule has 5 aromatic rings. The molecule has 0 aromatic heterocycles. The van der Waals surface area contributed by atoms with E-state index < -0.39 is 0 Å². The molecule has 0 fully saturated rings. The third kappa shape index (κ3) is 5.19. The second-order valence-electron chi connectivity index (χ2n) is 17.1. The fraction of sp³-hybridized carbons (Fsp3) is 0.245. The Bertz CT molecular complexity index is 2490. The Kier molecular flexibility index (Phi) is 7.74. The maximum absolute atomic E-state index is 2.60. The van der Waals surface area contributed by atoms with Crippen LogP contribution in [0.25, 0.3) is 27.5 Å². The Morgan fingerprint density at radius 2 is 1.43 bits per heavy atom. The lowest BCUT2D eigenvalue weighted by Gasteiger charge is -2.34. The van der Waals surface area contributed by atoms with Gasteiger partial charge in [-0.25, -0.2) is 0 Å². The van der Waals surface area contributed by atoms with Crippen molar-refractivity contribution in [3.63, 3.8) is 0 Å². The number of rotatable bonds is 5. The molecule has 10 rings (SSSR count). The second-order valence-corrected chi connectivity index (χ2v) is 17.1. The Morgan fingerprint density at radius 3 is 2.20 bits per heavy atom. The van der Waals surface area contributed by atoms with Crippen LogP contribution in [0, 0.1) is 11.3 Å². The highest BCUT2D eigenvalue weighted by molar-refractivity contribution is 6.09. The first kappa shape index (κ1) is 33.2. The molecule has 2 bridgehead atoms. The topological polar surface area (TPSA) is 3.24 Å². The molecule has 1 nitrogen and oxygen atoms in total. The van der Waals surface area contributed by atoms with Gasteiger partial charge in [0, 0.05) is 27.8 Å². The van der Waals surface area contributed by atoms with Crippen LogP contribution in [0.3, 0.4) is 0 Å². The van der Waals surface area contributed by atoms with Gasteiger partial charge in [-0.3, -0.25) is 0 Å². The quantitative estimate of drug-likeness (QED) is 0.176. The van der Waals surface area contributed by atoms with Gasteiger partial charge in [0.05, 0.1) is 5.69 Å². The van der Waals surface area contributed by atoms with Crippen molar-refractivity contribution in [2.24, 2.45) is 11.3 Å². The van der Waals surface area contributed by atoms with Gasteiger partial charge in [0.15, 0.2) is 0 Å². The Hall–Kier alpha value is -5.40. The normalized spacial score (nSPS) is 20.7. The average molecular weight is 700 g/mol. The fourth-order valence-corrected chi connectivity index (χ4v) is 10.7. The predicted octanol–water partition coefficient (Wildman–Crippen LogP) is 14.6. The third-order valence-electron chi connectivity index (χ3n) is 13.3. The van der Waals surface area contributed by atoms with E-state index in [0.29, 0.717) is 5.92 Å². The van der Waals surface area contributed by atoms with E-state index in [1.807, 2.05) is 0 Å². The van der Waals surface area contributed by atoms with Gasteiger partial charge in [-0.15, -0.1) is 0 Å². The van der Waals surface area contributed by atoms with Gasteiger partial charge in [-0.2, -0.15) is 0 Å². The molecule has 5 aliphatic carbocycles. The van der Waals surface area contributed by atoms with E-state index in [9.17, 15) is 0 Å². The van der Waals surface area contributed by atoms with Gasteiger partial charge in [0.2, 0.25) is 0 Å². The number of allylic oxidation sites excluding steroid dienone is 12. The van der Waals surface area contributed by atoms with E-state index in [2.05, 4.69) is 178 Å². The van der Waals surface area contributed by atoms with Crippen LogP contribution in [0.2, 0.25) is 0 Å². The largest absolute Gasteiger partial charge is 0.310 e. The summed E-state index contributed by atoms with van der Waals surface area (Å²) in [5, 5.41) is 2.57. The lowest BCUT2D eigenvalue weighted by atomic mass is 9.71. The third-order valence-corrected chi connectivity index (χ3v) is 13.3. The highest BCUT2D eigenvalue weighted by atomic mass is 15.1.